The Morgan fingerprint density at radius 2 is 1.65 bits per heavy atom. The summed E-state index contributed by atoms with van der Waals surface area (Å²) in [6, 6.07) is 0.669. The molecular formula is C15H32N2. The van der Waals surface area contributed by atoms with E-state index in [1.54, 1.807) is 0 Å². The molecule has 102 valence electrons. The molecule has 0 radical (unpaired) electrons. The van der Waals surface area contributed by atoms with Gasteiger partial charge in [0.1, 0.15) is 0 Å². The first-order valence-corrected chi connectivity index (χ1v) is 7.28. The van der Waals surface area contributed by atoms with Crippen LogP contribution in [-0.4, -0.2) is 36.1 Å². The minimum absolute atomic E-state index is 0.241. The average Bonchev–Trinajstić information content (AvgIpc) is 2.25. The number of hydrogen-bond acceptors (Lipinski definition) is 2. The van der Waals surface area contributed by atoms with E-state index in [0.29, 0.717) is 6.04 Å². The van der Waals surface area contributed by atoms with Gasteiger partial charge in [-0.05, 0) is 65.5 Å². The van der Waals surface area contributed by atoms with E-state index in [0.717, 1.165) is 18.4 Å². The molecule has 1 heterocycles. The minimum Gasteiger partial charge on any atom is -0.311 e. The monoisotopic (exact) mass is 240 g/mol. The third kappa shape index (κ3) is 5.39. The van der Waals surface area contributed by atoms with Gasteiger partial charge < -0.3 is 5.32 Å². The molecule has 1 saturated heterocycles. The highest BCUT2D eigenvalue weighted by Crippen LogP contribution is 2.25. The second-order valence-corrected chi connectivity index (χ2v) is 7.10. The minimum atomic E-state index is 0.241. The molecule has 0 aromatic rings. The fraction of sp³-hybridized carbons (Fsp3) is 1.00. The maximum atomic E-state index is 3.61. The fourth-order valence-corrected chi connectivity index (χ4v) is 2.61. The van der Waals surface area contributed by atoms with Crippen molar-refractivity contribution in [1.82, 2.24) is 10.2 Å². The molecule has 1 aliphatic rings. The lowest BCUT2D eigenvalue weighted by Gasteiger charge is -2.38. The second kappa shape index (κ2) is 6.19. The van der Waals surface area contributed by atoms with Gasteiger partial charge in [0, 0.05) is 18.1 Å². The summed E-state index contributed by atoms with van der Waals surface area (Å²) in [5, 5.41) is 3.61. The van der Waals surface area contributed by atoms with E-state index >= 15 is 0 Å². The van der Waals surface area contributed by atoms with E-state index in [1.807, 2.05) is 0 Å². The van der Waals surface area contributed by atoms with Crippen molar-refractivity contribution in [3.63, 3.8) is 0 Å². The Morgan fingerprint density at radius 3 is 2.06 bits per heavy atom. The fourth-order valence-electron chi connectivity index (χ4n) is 2.61. The molecule has 0 saturated carbocycles. The molecule has 0 bridgehead atoms. The van der Waals surface area contributed by atoms with Crippen molar-refractivity contribution < 1.29 is 0 Å². The zero-order valence-corrected chi connectivity index (χ0v) is 12.7. The van der Waals surface area contributed by atoms with Crippen LogP contribution in [0.1, 0.15) is 54.4 Å². The summed E-state index contributed by atoms with van der Waals surface area (Å²) in [4.78, 5) is 2.65. The zero-order valence-electron chi connectivity index (χ0n) is 12.7. The topological polar surface area (TPSA) is 15.3 Å². The van der Waals surface area contributed by atoms with Crippen molar-refractivity contribution in [2.75, 3.05) is 19.6 Å². The van der Waals surface area contributed by atoms with Crippen molar-refractivity contribution in [3.05, 3.63) is 0 Å². The Labute approximate surface area is 108 Å². The van der Waals surface area contributed by atoms with E-state index in [1.165, 1.54) is 25.9 Å². The van der Waals surface area contributed by atoms with Gasteiger partial charge in [0.25, 0.3) is 0 Å². The summed E-state index contributed by atoms with van der Waals surface area (Å²) in [5.41, 5.74) is 0.241. The van der Waals surface area contributed by atoms with Crippen LogP contribution in [0.3, 0.4) is 0 Å². The van der Waals surface area contributed by atoms with Crippen molar-refractivity contribution in [1.29, 1.82) is 0 Å². The number of piperidine rings is 1. The molecule has 0 aromatic carbocycles. The molecule has 1 fully saturated rings. The zero-order chi connectivity index (χ0) is 13.1. The summed E-state index contributed by atoms with van der Waals surface area (Å²) >= 11 is 0. The molecule has 0 amide bonds. The molecule has 2 heteroatoms. The lowest BCUT2D eigenvalue weighted by molar-refractivity contribution is 0.117. The Morgan fingerprint density at radius 1 is 1.12 bits per heavy atom. The van der Waals surface area contributed by atoms with E-state index in [9.17, 15) is 0 Å². The molecule has 1 N–H and O–H groups in total. The number of nitrogens with one attached hydrogen (secondary N) is 1. The Kier molecular flexibility index (Phi) is 5.46. The predicted octanol–water partition coefficient (Wildman–Crippen LogP) is 3.13. The summed E-state index contributed by atoms with van der Waals surface area (Å²) in [6.45, 7) is 17.5. The molecule has 0 aliphatic carbocycles. The normalized spacial score (nSPS) is 22.1. The molecule has 0 spiro atoms. The maximum Gasteiger partial charge on any atom is 0.0192 e. The lowest BCUT2D eigenvalue weighted by Crippen LogP contribution is -2.48. The van der Waals surface area contributed by atoms with E-state index in [2.05, 4.69) is 51.8 Å². The van der Waals surface area contributed by atoms with Gasteiger partial charge in [-0.1, -0.05) is 13.8 Å². The molecule has 1 unspecified atom stereocenters. The third-order valence-corrected chi connectivity index (χ3v) is 4.07. The summed E-state index contributed by atoms with van der Waals surface area (Å²) in [7, 11) is 0. The highest BCUT2D eigenvalue weighted by atomic mass is 15.2. The third-order valence-electron chi connectivity index (χ3n) is 4.07. The van der Waals surface area contributed by atoms with Gasteiger partial charge in [0.15, 0.2) is 0 Å². The number of hydrogen-bond donors (Lipinski definition) is 1. The predicted molar refractivity (Wildman–Crippen MR) is 76.4 cm³/mol. The van der Waals surface area contributed by atoms with Crippen LogP contribution < -0.4 is 5.32 Å². The lowest BCUT2D eigenvalue weighted by atomic mass is 9.86. The van der Waals surface area contributed by atoms with Crippen molar-refractivity contribution >= 4 is 0 Å². The molecule has 1 aliphatic heterocycles. The van der Waals surface area contributed by atoms with Crippen LogP contribution in [0.2, 0.25) is 0 Å². The number of rotatable bonds is 4. The first-order chi connectivity index (χ1) is 7.79. The highest BCUT2D eigenvalue weighted by Gasteiger charge is 2.24. The Balaban J connectivity index is 2.28. The van der Waals surface area contributed by atoms with Crippen LogP contribution in [0.25, 0.3) is 0 Å². The summed E-state index contributed by atoms with van der Waals surface area (Å²) < 4.78 is 0. The van der Waals surface area contributed by atoms with Crippen LogP contribution in [0, 0.1) is 11.8 Å². The molecule has 17 heavy (non-hydrogen) atoms. The molecule has 0 aromatic heterocycles. The van der Waals surface area contributed by atoms with Gasteiger partial charge in [0.2, 0.25) is 0 Å². The van der Waals surface area contributed by atoms with Gasteiger partial charge >= 0.3 is 0 Å². The summed E-state index contributed by atoms with van der Waals surface area (Å²) in [5.74, 6) is 1.81. The molecule has 2 nitrogen and oxygen atoms in total. The van der Waals surface area contributed by atoms with E-state index in [4.69, 9.17) is 0 Å². The van der Waals surface area contributed by atoms with Crippen LogP contribution in [0.4, 0.5) is 0 Å². The number of likely N-dealkylation sites (tertiary alicyclic amines) is 1. The Hall–Kier alpha value is -0.0800. The molecule has 1 rings (SSSR count). The molecule has 1 atom stereocenters. The maximum absolute atomic E-state index is 3.61. The standard InChI is InChI=1S/C15H32N2/c1-12(2)14-7-9-17(10-8-14)13(3)11-16-15(4,5)6/h12-14,16H,7-11H2,1-6H3. The van der Waals surface area contributed by atoms with Gasteiger partial charge in [-0.15, -0.1) is 0 Å². The van der Waals surface area contributed by atoms with Crippen LogP contribution >= 0.6 is 0 Å². The average molecular weight is 240 g/mol. The number of nitrogens with zero attached hydrogens (tertiary/aromatic N) is 1. The van der Waals surface area contributed by atoms with Gasteiger partial charge in [-0.25, -0.2) is 0 Å². The smallest absolute Gasteiger partial charge is 0.0192 e. The van der Waals surface area contributed by atoms with Gasteiger partial charge in [-0.3, -0.25) is 4.90 Å². The van der Waals surface area contributed by atoms with E-state index in [-0.39, 0.29) is 5.54 Å². The van der Waals surface area contributed by atoms with Crippen molar-refractivity contribution in [2.45, 2.75) is 66.0 Å². The first kappa shape index (κ1) is 15.0. The highest BCUT2D eigenvalue weighted by molar-refractivity contribution is 4.81. The SMILES string of the molecule is CC(C)C1CCN(C(C)CNC(C)(C)C)CC1. The van der Waals surface area contributed by atoms with Crippen LogP contribution in [0.5, 0.6) is 0 Å². The first-order valence-electron chi connectivity index (χ1n) is 7.28. The van der Waals surface area contributed by atoms with Gasteiger partial charge in [-0.2, -0.15) is 0 Å². The van der Waals surface area contributed by atoms with E-state index < -0.39 is 0 Å². The largest absolute Gasteiger partial charge is 0.311 e. The van der Waals surface area contributed by atoms with Crippen molar-refractivity contribution in [2.24, 2.45) is 11.8 Å². The van der Waals surface area contributed by atoms with Crippen LogP contribution in [-0.2, 0) is 0 Å². The quantitative estimate of drug-likeness (QED) is 0.812. The van der Waals surface area contributed by atoms with Crippen molar-refractivity contribution in [3.8, 4) is 0 Å². The second-order valence-electron chi connectivity index (χ2n) is 7.10. The summed E-state index contributed by atoms with van der Waals surface area (Å²) in [6.07, 6.45) is 2.77. The van der Waals surface area contributed by atoms with Gasteiger partial charge in [0.05, 0.1) is 0 Å². The Bertz CT molecular complexity index is 209. The molecular weight excluding hydrogens is 208 g/mol. The van der Waals surface area contributed by atoms with Crippen LogP contribution in [0.15, 0.2) is 0 Å².